The molecule has 1 heterocycles. The fourth-order valence-electron chi connectivity index (χ4n) is 1.23. The third-order valence-corrected chi connectivity index (χ3v) is 2.50. The number of pyridine rings is 1. The van der Waals surface area contributed by atoms with Crippen molar-refractivity contribution in [2.45, 2.75) is 10.7 Å². The van der Waals surface area contributed by atoms with Crippen molar-refractivity contribution in [3.8, 4) is 0 Å². The van der Waals surface area contributed by atoms with Crippen LogP contribution in [0.2, 0.25) is 0 Å². The van der Waals surface area contributed by atoms with Gasteiger partial charge in [-0.2, -0.15) is 8.78 Å². The van der Waals surface area contributed by atoms with E-state index in [-0.39, 0.29) is 0 Å². The number of thioether (sulfide) groups is 1. The van der Waals surface area contributed by atoms with Crippen molar-refractivity contribution in [1.82, 2.24) is 4.98 Å². The molecular weight excluding hydrogens is 204 g/mol. The molecule has 0 bridgehead atoms. The molecule has 0 aliphatic carbocycles. The fourth-order valence-corrected chi connectivity index (χ4v) is 1.78. The number of nitrogens with zero attached hydrogens (tertiary/aromatic N) is 1. The van der Waals surface area contributed by atoms with E-state index >= 15 is 0 Å². The molecule has 0 atom stereocenters. The predicted octanol–water partition coefficient (Wildman–Crippen LogP) is 3.55. The van der Waals surface area contributed by atoms with E-state index in [1.54, 1.807) is 30.5 Å². The van der Waals surface area contributed by atoms with Crippen LogP contribution in [0.15, 0.2) is 41.4 Å². The summed E-state index contributed by atoms with van der Waals surface area (Å²) in [4.78, 5) is 4.67. The molecule has 2 rings (SSSR count). The first-order valence-corrected chi connectivity index (χ1v) is 4.93. The molecule has 0 aliphatic rings. The number of aromatic nitrogens is 1. The lowest BCUT2D eigenvalue weighted by molar-refractivity contribution is 0.252. The minimum absolute atomic E-state index is 0.552. The monoisotopic (exact) mass is 211 g/mol. The lowest BCUT2D eigenvalue weighted by Gasteiger charge is -2.01. The second kappa shape index (κ2) is 3.92. The Morgan fingerprint density at radius 1 is 1.21 bits per heavy atom. The summed E-state index contributed by atoms with van der Waals surface area (Å²) in [5, 5.41) is 0.887. The summed E-state index contributed by atoms with van der Waals surface area (Å²) in [6.45, 7) is 0. The normalized spacial score (nSPS) is 11.1. The van der Waals surface area contributed by atoms with Gasteiger partial charge in [0.05, 0.1) is 5.52 Å². The largest absolute Gasteiger partial charge is 0.288 e. The number of fused-ring (bicyclic) bond motifs is 1. The Kier molecular flexibility index (Phi) is 2.63. The first-order chi connectivity index (χ1) is 6.75. The molecule has 72 valence electrons. The van der Waals surface area contributed by atoms with Crippen LogP contribution >= 0.6 is 11.8 Å². The second-order valence-electron chi connectivity index (χ2n) is 2.74. The molecule has 0 N–H and O–H groups in total. The third kappa shape index (κ3) is 2.01. The van der Waals surface area contributed by atoms with Crippen LogP contribution in [-0.4, -0.2) is 10.7 Å². The number of halogens is 2. The Hall–Kier alpha value is -1.16. The number of hydrogen-bond donors (Lipinski definition) is 0. The lowest BCUT2D eigenvalue weighted by atomic mass is 10.2. The van der Waals surface area contributed by atoms with Gasteiger partial charge in [-0.05, 0) is 24.3 Å². The van der Waals surface area contributed by atoms with E-state index in [9.17, 15) is 8.78 Å². The summed E-state index contributed by atoms with van der Waals surface area (Å²) in [5.41, 5.74) is 0.825. The maximum atomic E-state index is 12.1. The smallest absolute Gasteiger partial charge is 0.256 e. The Morgan fingerprint density at radius 3 is 2.86 bits per heavy atom. The molecule has 1 nitrogen and oxygen atoms in total. The molecule has 0 saturated carbocycles. The zero-order valence-electron chi connectivity index (χ0n) is 7.15. The molecule has 0 saturated heterocycles. The Morgan fingerprint density at radius 2 is 2.07 bits per heavy atom. The summed E-state index contributed by atoms with van der Waals surface area (Å²) in [6, 6.07) is 8.78. The van der Waals surface area contributed by atoms with E-state index < -0.39 is 5.76 Å². The minimum atomic E-state index is -2.37. The van der Waals surface area contributed by atoms with Gasteiger partial charge in [-0.25, -0.2) is 0 Å². The molecule has 0 radical (unpaired) electrons. The van der Waals surface area contributed by atoms with Gasteiger partial charge in [0.15, 0.2) is 0 Å². The zero-order chi connectivity index (χ0) is 9.97. The molecule has 0 aliphatic heterocycles. The van der Waals surface area contributed by atoms with Crippen molar-refractivity contribution in [1.29, 1.82) is 0 Å². The highest BCUT2D eigenvalue weighted by atomic mass is 32.2. The van der Waals surface area contributed by atoms with Gasteiger partial charge >= 0.3 is 0 Å². The summed E-state index contributed by atoms with van der Waals surface area (Å²) in [6.07, 6.45) is 1.68. The molecule has 1 aromatic carbocycles. The molecule has 0 fully saturated rings. The Balaban J connectivity index is 2.41. The van der Waals surface area contributed by atoms with Crippen molar-refractivity contribution >= 4 is 22.7 Å². The van der Waals surface area contributed by atoms with E-state index in [2.05, 4.69) is 4.98 Å². The number of hydrogen-bond acceptors (Lipinski definition) is 2. The summed E-state index contributed by atoms with van der Waals surface area (Å²) < 4.78 is 24.1. The average molecular weight is 211 g/mol. The van der Waals surface area contributed by atoms with Crippen molar-refractivity contribution in [3.05, 3.63) is 36.5 Å². The summed E-state index contributed by atoms with van der Waals surface area (Å²) in [7, 11) is 0. The van der Waals surface area contributed by atoms with Crippen LogP contribution < -0.4 is 0 Å². The number of alkyl halides is 2. The highest BCUT2D eigenvalue weighted by Gasteiger charge is 2.05. The van der Waals surface area contributed by atoms with E-state index in [1.165, 1.54) is 0 Å². The first kappa shape index (κ1) is 9.40. The maximum absolute atomic E-state index is 12.1. The third-order valence-electron chi connectivity index (χ3n) is 1.80. The highest BCUT2D eigenvalue weighted by Crippen LogP contribution is 2.27. The molecule has 0 spiro atoms. The van der Waals surface area contributed by atoms with E-state index in [0.29, 0.717) is 16.7 Å². The van der Waals surface area contributed by atoms with Gasteiger partial charge in [0.2, 0.25) is 0 Å². The second-order valence-corrected chi connectivity index (χ2v) is 3.80. The fraction of sp³-hybridized carbons (Fsp3) is 0.100. The van der Waals surface area contributed by atoms with Gasteiger partial charge in [0.1, 0.15) is 0 Å². The highest BCUT2D eigenvalue weighted by molar-refractivity contribution is 7.99. The quantitative estimate of drug-likeness (QED) is 0.704. The molecule has 4 heteroatoms. The van der Waals surface area contributed by atoms with Crippen molar-refractivity contribution in [3.63, 3.8) is 0 Å². The molecular formula is C10H7F2NS. The van der Waals surface area contributed by atoms with Crippen LogP contribution in [0.3, 0.4) is 0 Å². The van der Waals surface area contributed by atoms with Crippen molar-refractivity contribution < 1.29 is 8.78 Å². The van der Waals surface area contributed by atoms with Crippen LogP contribution in [0.5, 0.6) is 0 Å². The SMILES string of the molecule is FC(F)Sc1ccc2ncccc2c1. The molecule has 0 unspecified atom stereocenters. The summed E-state index contributed by atoms with van der Waals surface area (Å²) in [5.74, 6) is -2.37. The summed E-state index contributed by atoms with van der Waals surface area (Å²) >= 11 is 0.552. The molecule has 1 aromatic heterocycles. The molecule has 14 heavy (non-hydrogen) atoms. The Bertz CT molecular complexity index is 445. The average Bonchev–Trinajstić information content (AvgIpc) is 2.17. The van der Waals surface area contributed by atoms with Gasteiger partial charge in [-0.15, -0.1) is 0 Å². The van der Waals surface area contributed by atoms with Gasteiger partial charge in [0.25, 0.3) is 5.76 Å². The molecule has 0 amide bonds. The minimum Gasteiger partial charge on any atom is -0.256 e. The van der Waals surface area contributed by atoms with Crippen molar-refractivity contribution in [2.75, 3.05) is 0 Å². The van der Waals surface area contributed by atoms with E-state index in [1.807, 2.05) is 6.07 Å². The van der Waals surface area contributed by atoms with Crippen molar-refractivity contribution in [2.24, 2.45) is 0 Å². The van der Waals surface area contributed by atoms with Crippen LogP contribution in [0.25, 0.3) is 10.9 Å². The lowest BCUT2D eigenvalue weighted by Crippen LogP contribution is -1.82. The van der Waals surface area contributed by atoms with E-state index in [4.69, 9.17) is 0 Å². The van der Waals surface area contributed by atoms with Crippen LogP contribution in [0.1, 0.15) is 0 Å². The standard InChI is InChI=1S/C10H7F2NS/c11-10(12)14-8-3-4-9-7(6-8)2-1-5-13-9/h1-6,10H. The van der Waals surface area contributed by atoms with Gasteiger partial charge in [-0.1, -0.05) is 17.8 Å². The number of rotatable bonds is 2. The predicted molar refractivity (Wildman–Crippen MR) is 53.6 cm³/mol. The van der Waals surface area contributed by atoms with Crippen LogP contribution in [0.4, 0.5) is 8.78 Å². The van der Waals surface area contributed by atoms with Gasteiger partial charge in [-0.3, -0.25) is 4.98 Å². The topological polar surface area (TPSA) is 12.9 Å². The molecule has 2 aromatic rings. The Labute approximate surface area is 84.2 Å². The number of benzene rings is 1. The zero-order valence-corrected chi connectivity index (χ0v) is 7.97. The van der Waals surface area contributed by atoms with Crippen LogP contribution in [0, 0.1) is 0 Å². The van der Waals surface area contributed by atoms with Crippen LogP contribution in [-0.2, 0) is 0 Å². The van der Waals surface area contributed by atoms with Gasteiger partial charge < -0.3 is 0 Å². The van der Waals surface area contributed by atoms with Gasteiger partial charge in [0, 0.05) is 16.5 Å². The van der Waals surface area contributed by atoms with E-state index in [0.717, 1.165) is 10.9 Å². The first-order valence-electron chi connectivity index (χ1n) is 4.05. The maximum Gasteiger partial charge on any atom is 0.288 e.